The third kappa shape index (κ3) is 8.82. The lowest BCUT2D eigenvalue weighted by atomic mass is 9.77. The Morgan fingerprint density at radius 3 is 1.87 bits per heavy atom. The van der Waals surface area contributed by atoms with Crippen molar-refractivity contribution in [1.29, 1.82) is 0 Å². The zero-order valence-electron chi connectivity index (χ0n) is 20.5. The highest BCUT2D eigenvalue weighted by atomic mass is 19.4. The Balaban J connectivity index is 0.000000301. The maximum absolute atomic E-state index is 12.9. The largest absolute Gasteiger partial charge is 0.490 e. The van der Waals surface area contributed by atoms with Crippen LogP contribution in [-0.4, -0.2) is 93.1 Å². The van der Waals surface area contributed by atoms with Crippen molar-refractivity contribution in [2.45, 2.75) is 75.1 Å². The molecular formula is C23H29F6N3O6. The molecule has 2 aliphatic heterocycles. The molecule has 1 aromatic rings. The molecule has 2 atom stereocenters. The van der Waals surface area contributed by atoms with Gasteiger partial charge in [0.1, 0.15) is 0 Å². The van der Waals surface area contributed by atoms with Crippen LogP contribution in [0.3, 0.4) is 0 Å². The minimum absolute atomic E-state index is 0.163. The van der Waals surface area contributed by atoms with Gasteiger partial charge in [0.15, 0.2) is 0 Å². The Kier molecular flexibility index (Phi) is 10.5. The number of carboxylic acids is 2. The van der Waals surface area contributed by atoms with Gasteiger partial charge in [-0.05, 0) is 43.7 Å². The van der Waals surface area contributed by atoms with Gasteiger partial charge in [-0.15, -0.1) is 0 Å². The molecule has 3 fully saturated rings. The zero-order valence-corrected chi connectivity index (χ0v) is 20.5. The number of hydrogen-bond donors (Lipinski definition) is 2. The first-order chi connectivity index (χ1) is 17.6. The number of carboxylic acid groups (broad SMARTS) is 2. The lowest BCUT2D eigenvalue weighted by Gasteiger charge is -2.45. The van der Waals surface area contributed by atoms with Gasteiger partial charge in [0.25, 0.3) is 0 Å². The molecular weight excluding hydrogens is 528 g/mol. The van der Waals surface area contributed by atoms with Gasteiger partial charge in [-0.1, -0.05) is 6.07 Å². The van der Waals surface area contributed by atoms with Crippen LogP contribution in [0.4, 0.5) is 26.3 Å². The first-order valence-electron chi connectivity index (χ1n) is 11.7. The summed E-state index contributed by atoms with van der Waals surface area (Å²) >= 11 is 0. The van der Waals surface area contributed by atoms with E-state index in [1.54, 1.807) is 7.11 Å². The molecule has 0 aromatic carbocycles. The number of aromatic nitrogens is 1. The van der Waals surface area contributed by atoms with Gasteiger partial charge >= 0.3 is 24.3 Å². The standard InChI is InChI=1S/C19H27N3O2.2C2HF3O2/c1-24-19(7-3-8-19)10-18(23)22-16-5-6-17(22)14-21(13-16)12-15-4-2-9-20-11-15;2*3-2(4,5)1(6)7/h2,4,9,11,16-17H,3,5-8,10,12-14H2,1H3;2*(H,6,7). The van der Waals surface area contributed by atoms with E-state index in [0.717, 1.165) is 45.3 Å². The SMILES string of the molecule is COC1(CC(=O)N2C3CCC2CN(Cc2cccnc2)C3)CCC1.O=C(O)C(F)(F)F.O=C(O)C(F)(F)F. The normalized spacial score (nSPS) is 22.2. The van der Waals surface area contributed by atoms with Gasteiger partial charge in [0.2, 0.25) is 5.91 Å². The summed E-state index contributed by atoms with van der Waals surface area (Å²) in [6, 6.07) is 4.88. The number of pyridine rings is 1. The highest BCUT2D eigenvalue weighted by Gasteiger charge is 2.46. The first-order valence-corrected chi connectivity index (χ1v) is 11.7. The van der Waals surface area contributed by atoms with E-state index in [2.05, 4.69) is 20.9 Å². The summed E-state index contributed by atoms with van der Waals surface area (Å²) in [5.74, 6) is -5.20. The quantitative estimate of drug-likeness (QED) is 0.529. The molecule has 4 rings (SSSR count). The highest BCUT2D eigenvalue weighted by molar-refractivity contribution is 5.78. The summed E-state index contributed by atoms with van der Waals surface area (Å²) in [6.45, 7) is 2.90. The molecule has 1 aliphatic carbocycles. The fraction of sp³-hybridized carbons (Fsp3) is 0.652. The van der Waals surface area contributed by atoms with E-state index in [1.165, 1.54) is 12.0 Å². The fourth-order valence-electron chi connectivity index (χ4n) is 4.67. The van der Waals surface area contributed by atoms with Crippen LogP contribution in [0.1, 0.15) is 44.1 Å². The number of piperazine rings is 1. The fourth-order valence-corrected chi connectivity index (χ4v) is 4.67. The van der Waals surface area contributed by atoms with E-state index in [0.29, 0.717) is 24.4 Å². The third-order valence-electron chi connectivity index (χ3n) is 6.63. The molecule has 2 unspecified atom stereocenters. The molecule has 2 saturated heterocycles. The van der Waals surface area contributed by atoms with Crippen LogP contribution in [-0.2, 0) is 25.7 Å². The summed E-state index contributed by atoms with van der Waals surface area (Å²) in [7, 11) is 1.76. The number of fused-ring (bicyclic) bond motifs is 2. The molecule has 2 N–H and O–H groups in total. The van der Waals surface area contributed by atoms with E-state index >= 15 is 0 Å². The molecule has 1 saturated carbocycles. The van der Waals surface area contributed by atoms with E-state index < -0.39 is 24.3 Å². The number of carbonyl (C=O) groups excluding carboxylic acids is 1. The number of methoxy groups -OCH3 is 1. The Labute approximate surface area is 214 Å². The van der Waals surface area contributed by atoms with Crippen LogP contribution < -0.4 is 0 Å². The topological polar surface area (TPSA) is 120 Å². The number of hydrogen-bond acceptors (Lipinski definition) is 6. The molecule has 3 heterocycles. The Morgan fingerprint density at radius 1 is 1.03 bits per heavy atom. The van der Waals surface area contributed by atoms with Crippen molar-refractivity contribution in [3.8, 4) is 0 Å². The molecule has 214 valence electrons. The van der Waals surface area contributed by atoms with Crippen LogP contribution in [0.15, 0.2) is 24.5 Å². The lowest BCUT2D eigenvalue weighted by Crippen LogP contribution is -2.57. The van der Waals surface area contributed by atoms with Crippen molar-refractivity contribution in [2.24, 2.45) is 0 Å². The van der Waals surface area contributed by atoms with Gasteiger partial charge in [-0.2, -0.15) is 26.3 Å². The molecule has 38 heavy (non-hydrogen) atoms. The number of ether oxygens (including phenoxy) is 1. The summed E-state index contributed by atoms with van der Waals surface area (Å²) < 4.78 is 69.1. The molecule has 3 aliphatic rings. The van der Waals surface area contributed by atoms with Crippen molar-refractivity contribution < 1.29 is 55.7 Å². The summed E-state index contributed by atoms with van der Waals surface area (Å²) in [6.07, 6.45) is -0.308. The molecule has 0 radical (unpaired) electrons. The number of amides is 1. The average Bonchev–Trinajstić information content (AvgIpc) is 3.07. The number of likely N-dealkylation sites (tertiary alicyclic amines) is 1. The van der Waals surface area contributed by atoms with Crippen LogP contribution in [0, 0.1) is 0 Å². The summed E-state index contributed by atoms with van der Waals surface area (Å²) in [5.41, 5.74) is 1.09. The molecule has 9 nitrogen and oxygen atoms in total. The van der Waals surface area contributed by atoms with Gasteiger partial charge in [0, 0.05) is 51.2 Å². The smallest absolute Gasteiger partial charge is 0.475 e. The molecule has 2 bridgehead atoms. The van der Waals surface area contributed by atoms with Gasteiger partial charge in [-0.3, -0.25) is 14.7 Å². The van der Waals surface area contributed by atoms with Gasteiger partial charge in [-0.25, -0.2) is 9.59 Å². The number of nitrogens with zero attached hydrogens (tertiary/aromatic N) is 3. The van der Waals surface area contributed by atoms with Gasteiger partial charge in [0.05, 0.1) is 12.0 Å². The minimum atomic E-state index is -5.08. The monoisotopic (exact) mass is 557 g/mol. The van der Waals surface area contributed by atoms with Crippen LogP contribution >= 0.6 is 0 Å². The average molecular weight is 557 g/mol. The summed E-state index contributed by atoms with van der Waals surface area (Å²) in [5, 5.41) is 14.2. The minimum Gasteiger partial charge on any atom is -0.475 e. The second kappa shape index (κ2) is 12.7. The van der Waals surface area contributed by atoms with Crippen LogP contribution in [0.25, 0.3) is 0 Å². The zero-order chi connectivity index (χ0) is 28.7. The Bertz CT molecular complexity index is 912. The predicted octanol–water partition coefficient (Wildman–Crippen LogP) is 3.48. The van der Waals surface area contributed by atoms with Crippen molar-refractivity contribution in [1.82, 2.24) is 14.8 Å². The number of halogens is 6. The number of aliphatic carboxylic acids is 2. The van der Waals surface area contributed by atoms with Crippen molar-refractivity contribution >= 4 is 17.8 Å². The molecule has 15 heteroatoms. The molecule has 1 aromatic heterocycles. The number of carbonyl (C=O) groups is 3. The molecule has 1 amide bonds. The lowest BCUT2D eigenvalue weighted by molar-refractivity contribution is -0.193. The Hall–Kier alpha value is -2.94. The summed E-state index contributed by atoms with van der Waals surface area (Å²) in [4.78, 5) is 39.6. The van der Waals surface area contributed by atoms with Crippen LogP contribution in [0.2, 0.25) is 0 Å². The van der Waals surface area contributed by atoms with Crippen LogP contribution in [0.5, 0.6) is 0 Å². The van der Waals surface area contributed by atoms with E-state index in [1.807, 2.05) is 18.5 Å². The Morgan fingerprint density at radius 2 is 1.53 bits per heavy atom. The van der Waals surface area contributed by atoms with Crippen molar-refractivity contribution in [2.75, 3.05) is 20.2 Å². The second-order valence-electron chi connectivity index (χ2n) is 9.26. The second-order valence-corrected chi connectivity index (χ2v) is 9.26. The van der Waals surface area contributed by atoms with Crippen molar-refractivity contribution in [3.05, 3.63) is 30.1 Å². The maximum Gasteiger partial charge on any atom is 0.490 e. The highest BCUT2D eigenvalue weighted by Crippen LogP contribution is 2.40. The number of alkyl halides is 6. The first kappa shape index (κ1) is 31.3. The number of rotatable bonds is 5. The van der Waals surface area contributed by atoms with E-state index in [9.17, 15) is 31.1 Å². The van der Waals surface area contributed by atoms with E-state index in [4.69, 9.17) is 24.5 Å². The van der Waals surface area contributed by atoms with Crippen molar-refractivity contribution in [3.63, 3.8) is 0 Å². The third-order valence-corrected chi connectivity index (χ3v) is 6.63. The maximum atomic E-state index is 12.9. The van der Waals surface area contributed by atoms with E-state index in [-0.39, 0.29) is 5.60 Å². The van der Waals surface area contributed by atoms with Gasteiger partial charge < -0.3 is 19.8 Å². The molecule has 0 spiro atoms. The predicted molar refractivity (Wildman–Crippen MR) is 119 cm³/mol.